The third kappa shape index (κ3) is 5.96. The highest BCUT2D eigenvalue weighted by molar-refractivity contribution is 6.04. The summed E-state index contributed by atoms with van der Waals surface area (Å²) in [6.07, 6.45) is 0.319. The summed E-state index contributed by atoms with van der Waals surface area (Å²) in [5.41, 5.74) is 4.04. The Kier molecular flexibility index (Phi) is 7.53. The molecule has 0 radical (unpaired) electrons. The number of nitro benzene ring substituents is 1. The van der Waals surface area contributed by atoms with Crippen molar-refractivity contribution in [3.8, 4) is 11.5 Å². The van der Waals surface area contributed by atoms with Crippen LogP contribution in [0, 0.1) is 17.0 Å². The van der Waals surface area contributed by atoms with Crippen molar-refractivity contribution in [2.24, 2.45) is 5.10 Å². The molecule has 4 aromatic carbocycles. The fraction of sp³-hybridized carbons (Fsp3) is 0.107. The van der Waals surface area contributed by atoms with E-state index in [0.29, 0.717) is 11.1 Å². The third-order valence-corrected chi connectivity index (χ3v) is 5.52. The van der Waals surface area contributed by atoms with Gasteiger partial charge in [0.25, 0.3) is 5.91 Å². The summed E-state index contributed by atoms with van der Waals surface area (Å²) in [4.78, 5) is 35.9. The Balaban J connectivity index is 1.53. The molecule has 0 aliphatic heterocycles. The topological polar surface area (TPSA) is 120 Å². The molecule has 0 fully saturated rings. The van der Waals surface area contributed by atoms with E-state index in [1.165, 1.54) is 31.3 Å². The van der Waals surface area contributed by atoms with Gasteiger partial charge in [0, 0.05) is 11.6 Å². The molecule has 0 aromatic heterocycles. The SMILES string of the molecule is Cc1ccc(C(=O)Oc2ccc3ccccc3c2/C=N\NC(=O)[C@@H](C)Oc2ccccc2[N+](=O)[O-])cc1. The minimum atomic E-state index is -1.07. The first-order valence-corrected chi connectivity index (χ1v) is 11.4. The standard InChI is InChI=1S/C28H23N3O6/c1-18-11-13-21(14-12-18)28(33)37-25-16-15-20-7-3-4-8-22(20)23(25)17-29-30-27(32)19(2)36-26-10-6-5-9-24(26)31(34)35/h3-17,19H,1-2H3,(H,30,32)/b29-17-/t19-/m1/s1. The summed E-state index contributed by atoms with van der Waals surface area (Å²) < 4.78 is 11.1. The molecular formula is C28H23N3O6. The van der Waals surface area contributed by atoms with Gasteiger partial charge in [0.2, 0.25) is 0 Å². The van der Waals surface area contributed by atoms with E-state index in [1.807, 2.05) is 49.4 Å². The lowest BCUT2D eigenvalue weighted by molar-refractivity contribution is -0.386. The average Bonchev–Trinajstić information content (AvgIpc) is 2.90. The molecule has 4 rings (SSSR count). The minimum Gasteiger partial charge on any atom is -0.474 e. The van der Waals surface area contributed by atoms with Gasteiger partial charge in [-0.2, -0.15) is 5.10 Å². The summed E-state index contributed by atoms with van der Waals surface area (Å²) in [7, 11) is 0. The molecule has 186 valence electrons. The van der Waals surface area contributed by atoms with Crippen molar-refractivity contribution >= 4 is 34.6 Å². The largest absolute Gasteiger partial charge is 0.474 e. The Labute approximate surface area is 212 Å². The highest BCUT2D eigenvalue weighted by Gasteiger charge is 2.20. The van der Waals surface area contributed by atoms with Gasteiger partial charge in [-0.25, -0.2) is 10.2 Å². The molecule has 4 aromatic rings. The average molecular weight is 498 g/mol. The second kappa shape index (κ2) is 11.1. The molecule has 1 amide bonds. The zero-order valence-corrected chi connectivity index (χ0v) is 20.1. The van der Waals surface area contributed by atoms with Crippen molar-refractivity contribution in [2.45, 2.75) is 20.0 Å². The van der Waals surface area contributed by atoms with Gasteiger partial charge >= 0.3 is 11.7 Å². The van der Waals surface area contributed by atoms with Crippen LogP contribution in [0.3, 0.4) is 0 Å². The number of carbonyl (C=O) groups excluding carboxylic acids is 2. The number of hydrogen-bond donors (Lipinski definition) is 1. The van der Waals surface area contributed by atoms with Crippen LogP contribution in [0.1, 0.15) is 28.4 Å². The molecule has 1 N–H and O–H groups in total. The molecule has 1 atom stereocenters. The highest BCUT2D eigenvalue weighted by Crippen LogP contribution is 2.28. The Morgan fingerprint density at radius 1 is 0.946 bits per heavy atom. The first-order valence-electron chi connectivity index (χ1n) is 11.4. The van der Waals surface area contributed by atoms with Gasteiger partial charge in [-0.15, -0.1) is 0 Å². The van der Waals surface area contributed by atoms with Crippen LogP contribution in [0.15, 0.2) is 90.0 Å². The molecular weight excluding hydrogens is 474 g/mol. The van der Waals surface area contributed by atoms with Gasteiger partial charge < -0.3 is 9.47 Å². The number of aryl methyl sites for hydroxylation is 1. The number of nitrogens with one attached hydrogen (secondary N) is 1. The van der Waals surface area contributed by atoms with Crippen molar-refractivity contribution in [1.82, 2.24) is 5.43 Å². The van der Waals surface area contributed by atoms with E-state index >= 15 is 0 Å². The zero-order chi connectivity index (χ0) is 26.4. The quantitative estimate of drug-likeness (QED) is 0.118. The van der Waals surface area contributed by atoms with Crippen LogP contribution in [-0.4, -0.2) is 29.1 Å². The number of hydrazone groups is 1. The second-order valence-electron chi connectivity index (χ2n) is 8.17. The van der Waals surface area contributed by atoms with E-state index in [1.54, 1.807) is 24.3 Å². The lowest BCUT2D eigenvalue weighted by atomic mass is 10.0. The molecule has 0 bridgehead atoms. The molecule has 0 saturated carbocycles. The van der Waals surface area contributed by atoms with Crippen molar-refractivity contribution in [1.29, 1.82) is 0 Å². The van der Waals surface area contributed by atoms with E-state index in [-0.39, 0.29) is 17.2 Å². The predicted molar refractivity (Wildman–Crippen MR) is 139 cm³/mol. The Morgan fingerprint density at radius 2 is 1.65 bits per heavy atom. The number of rotatable bonds is 8. The Bertz CT molecular complexity index is 1500. The lowest BCUT2D eigenvalue weighted by Crippen LogP contribution is -2.33. The van der Waals surface area contributed by atoms with Gasteiger partial charge in [-0.05, 0) is 48.9 Å². The minimum absolute atomic E-state index is 0.0292. The number of fused-ring (bicyclic) bond motifs is 1. The number of nitrogens with zero attached hydrogens (tertiary/aromatic N) is 2. The maximum absolute atomic E-state index is 12.7. The van der Waals surface area contributed by atoms with Gasteiger partial charge in [-0.3, -0.25) is 14.9 Å². The normalized spacial score (nSPS) is 11.7. The van der Waals surface area contributed by atoms with Crippen LogP contribution in [0.25, 0.3) is 10.8 Å². The van der Waals surface area contributed by atoms with E-state index in [0.717, 1.165) is 16.3 Å². The van der Waals surface area contributed by atoms with Gasteiger partial charge in [0.1, 0.15) is 5.75 Å². The number of carbonyl (C=O) groups is 2. The summed E-state index contributed by atoms with van der Waals surface area (Å²) in [6, 6.07) is 23.8. The third-order valence-electron chi connectivity index (χ3n) is 5.52. The fourth-order valence-electron chi connectivity index (χ4n) is 3.55. The number of para-hydroxylation sites is 2. The van der Waals surface area contributed by atoms with Crippen LogP contribution >= 0.6 is 0 Å². The molecule has 0 aliphatic rings. The maximum Gasteiger partial charge on any atom is 0.343 e. The zero-order valence-electron chi connectivity index (χ0n) is 20.1. The van der Waals surface area contributed by atoms with Crippen molar-refractivity contribution < 1.29 is 24.0 Å². The van der Waals surface area contributed by atoms with E-state index < -0.39 is 22.9 Å². The molecule has 0 aliphatic carbocycles. The number of nitro groups is 1. The number of esters is 1. The Hall–Kier alpha value is -5.05. The summed E-state index contributed by atoms with van der Waals surface area (Å²) in [5, 5.41) is 16.9. The van der Waals surface area contributed by atoms with Crippen LogP contribution < -0.4 is 14.9 Å². The van der Waals surface area contributed by atoms with Crippen molar-refractivity contribution in [3.05, 3.63) is 112 Å². The van der Waals surface area contributed by atoms with E-state index in [9.17, 15) is 19.7 Å². The van der Waals surface area contributed by atoms with Gasteiger partial charge in [-0.1, -0.05) is 60.2 Å². The molecule has 0 unspecified atom stereocenters. The molecule has 0 spiro atoms. The summed E-state index contributed by atoms with van der Waals surface area (Å²) >= 11 is 0. The number of ether oxygens (including phenoxy) is 2. The number of hydrogen-bond acceptors (Lipinski definition) is 7. The fourth-order valence-corrected chi connectivity index (χ4v) is 3.55. The Morgan fingerprint density at radius 3 is 2.41 bits per heavy atom. The van der Waals surface area contributed by atoms with Crippen molar-refractivity contribution in [2.75, 3.05) is 0 Å². The first kappa shape index (κ1) is 25.1. The van der Waals surface area contributed by atoms with Crippen LogP contribution in [0.4, 0.5) is 5.69 Å². The van der Waals surface area contributed by atoms with E-state index in [4.69, 9.17) is 9.47 Å². The molecule has 37 heavy (non-hydrogen) atoms. The van der Waals surface area contributed by atoms with Gasteiger partial charge in [0.05, 0.1) is 16.7 Å². The predicted octanol–water partition coefficient (Wildman–Crippen LogP) is 5.19. The van der Waals surface area contributed by atoms with E-state index in [2.05, 4.69) is 10.5 Å². The number of amides is 1. The highest BCUT2D eigenvalue weighted by atomic mass is 16.6. The van der Waals surface area contributed by atoms with Crippen molar-refractivity contribution in [3.63, 3.8) is 0 Å². The van der Waals surface area contributed by atoms with Crippen LogP contribution in [0.2, 0.25) is 0 Å². The maximum atomic E-state index is 12.7. The monoisotopic (exact) mass is 497 g/mol. The lowest BCUT2D eigenvalue weighted by Gasteiger charge is -2.13. The summed E-state index contributed by atoms with van der Waals surface area (Å²) in [5.74, 6) is -0.904. The number of benzene rings is 4. The summed E-state index contributed by atoms with van der Waals surface area (Å²) in [6.45, 7) is 3.38. The second-order valence-corrected chi connectivity index (χ2v) is 8.17. The van der Waals surface area contributed by atoms with Crippen LogP contribution in [-0.2, 0) is 4.79 Å². The molecule has 9 nitrogen and oxygen atoms in total. The first-order chi connectivity index (χ1) is 17.8. The van der Waals surface area contributed by atoms with Crippen LogP contribution in [0.5, 0.6) is 11.5 Å². The molecule has 9 heteroatoms. The smallest absolute Gasteiger partial charge is 0.343 e. The molecule has 0 heterocycles. The molecule has 0 saturated heterocycles. The van der Waals surface area contributed by atoms with Gasteiger partial charge in [0.15, 0.2) is 11.9 Å².